The Morgan fingerprint density at radius 2 is 2.00 bits per heavy atom. The number of hydrogen-bond donors (Lipinski definition) is 2. The number of amides is 1. The smallest absolute Gasteiger partial charge is 0.264 e. The molecule has 0 spiro atoms. The number of carbonyl (C=O) groups is 1. The van der Waals surface area contributed by atoms with Crippen molar-refractivity contribution in [3.05, 3.63) is 70.4 Å². The van der Waals surface area contributed by atoms with Crippen LogP contribution in [0, 0.1) is 5.82 Å². The fourth-order valence-electron chi connectivity index (χ4n) is 4.89. The van der Waals surface area contributed by atoms with Crippen molar-refractivity contribution in [1.82, 2.24) is 15.4 Å². The molecule has 43 heavy (non-hydrogen) atoms. The maximum absolute atomic E-state index is 15.0. The average Bonchev–Trinajstić information content (AvgIpc) is 2.99. The Morgan fingerprint density at radius 1 is 1.19 bits per heavy atom. The number of halogens is 1. The number of sulfone groups is 1. The van der Waals surface area contributed by atoms with Crippen LogP contribution in [0.15, 0.2) is 53.5 Å². The number of benzene rings is 2. The van der Waals surface area contributed by atoms with Gasteiger partial charge in [-0.05, 0) is 73.9 Å². The van der Waals surface area contributed by atoms with Gasteiger partial charge >= 0.3 is 0 Å². The zero-order valence-corrected chi connectivity index (χ0v) is 25.7. The predicted octanol–water partition coefficient (Wildman–Crippen LogP) is 3.70. The molecule has 12 heteroatoms. The van der Waals surface area contributed by atoms with Gasteiger partial charge in [0.05, 0.1) is 6.61 Å². The number of fused-ring (bicyclic) bond motifs is 1. The van der Waals surface area contributed by atoms with Crippen molar-refractivity contribution < 1.29 is 31.9 Å². The molecule has 2 atom stereocenters. The second kappa shape index (κ2) is 14.5. The third kappa shape index (κ3) is 8.07. The van der Waals surface area contributed by atoms with Crippen LogP contribution < -0.4 is 16.4 Å². The van der Waals surface area contributed by atoms with Crippen molar-refractivity contribution in [2.24, 2.45) is 0 Å². The van der Waals surface area contributed by atoms with E-state index in [-0.39, 0.29) is 24.3 Å². The van der Waals surface area contributed by atoms with Gasteiger partial charge in [0.25, 0.3) is 11.5 Å². The summed E-state index contributed by atoms with van der Waals surface area (Å²) in [5.41, 5.74) is 3.76. The molecule has 2 heterocycles. The molecule has 10 nitrogen and oxygen atoms in total. The summed E-state index contributed by atoms with van der Waals surface area (Å²) in [6, 6.07) is 11.9. The van der Waals surface area contributed by atoms with Gasteiger partial charge in [-0.2, -0.15) is 0 Å². The van der Waals surface area contributed by atoms with Crippen LogP contribution in [-0.2, 0) is 42.0 Å². The van der Waals surface area contributed by atoms with Gasteiger partial charge < -0.3 is 19.4 Å². The van der Waals surface area contributed by atoms with Gasteiger partial charge in [0.2, 0.25) is 0 Å². The molecule has 0 radical (unpaired) electrons. The van der Waals surface area contributed by atoms with Crippen molar-refractivity contribution >= 4 is 26.5 Å². The Labute approximate surface area is 251 Å². The molecule has 2 unspecified atom stereocenters. The van der Waals surface area contributed by atoms with E-state index in [0.717, 1.165) is 24.7 Å². The Hall–Kier alpha value is -3.16. The highest BCUT2D eigenvalue weighted by atomic mass is 32.2. The third-order valence-electron chi connectivity index (χ3n) is 7.83. The number of nitrogens with zero attached hydrogens (tertiary/aromatic N) is 1. The van der Waals surface area contributed by atoms with Gasteiger partial charge in [0, 0.05) is 62.7 Å². The van der Waals surface area contributed by atoms with Gasteiger partial charge in [-0.3, -0.25) is 9.59 Å². The molecular formula is C31H40FN3O7S. The van der Waals surface area contributed by atoms with Gasteiger partial charge in [-0.25, -0.2) is 23.1 Å². The molecule has 2 N–H and O–H groups in total. The Kier molecular flexibility index (Phi) is 11.1. The fourth-order valence-corrected chi connectivity index (χ4v) is 5.73. The minimum atomic E-state index is -3.89. The molecule has 0 aliphatic carbocycles. The molecule has 2 aromatic carbocycles. The molecule has 234 valence electrons. The van der Waals surface area contributed by atoms with E-state index < -0.39 is 26.8 Å². The van der Waals surface area contributed by atoms with Crippen LogP contribution in [0.4, 0.5) is 4.39 Å². The number of ether oxygens (including phenoxy) is 2. The molecule has 0 bridgehead atoms. The zero-order valence-electron chi connectivity index (χ0n) is 24.9. The first-order chi connectivity index (χ1) is 20.5. The summed E-state index contributed by atoms with van der Waals surface area (Å²) in [5.74, 6) is -1.19. The minimum Gasteiger partial charge on any atom is -0.380 e. The lowest BCUT2D eigenvalue weighted by Gasteiger charge is -2.28. The van der Waals surface area contributed by atoms with Gasteiger partial charge in [0.15, 0.2) is 20.9 Å². The predicted molar refractivity (Wildman–Crippen MR) is 162 cm³/mol. The summed E-state index contributed by atoms with van der Waals surface area (Å²) in [5, 5.41) is 4.23. The van der Waals surface area contributed by atoms with E-state index >= 15 is 4.39 Å². The summed E-state index contributed by atoms with van der Waals surface area (Å²) in [4.78, 5) is 31.6. The number of hydrogen-bond acceptors (Lipinski definition) is 8. The maximum atomic E-state index is 15.0. The first kappa shape index (κ1) is 32.7. The molecule has 1 amide bonds. The number of aryl methyl sites for hydroxylation is 1. The van der Waals surface area contributed by atoms with Gasteiger partial charge in [-0.15, -0.1) is 0 Å². The lowest BCUT2D eigenvalue weighted by molar-refractivity contribution is -0.201. The maximum Gasteiger partial charge on any atom is 0.264 e. The topological polar surface area (TPSA) is 125 Å². The zero-order chi connectivity index (χ0) is 31.0. The normalized spacial score (nSPS) is 17.1. The number of aromatic nitrogens is 1. The summed E-state index contributed by atoms with van der Waals surface area (Å²) >= 11 is 0. The summed E-state index contributed by atoms with van der Waals surface area (Å²) in [7, 11) is -3.89. The largest absolute Gasteiger partial charge is 0.380 e. The van der Waals surface area contributed by atoms with E-state index in [4.69, 9.17) is 14.3 Å². The molecule has 1 aliphatic heterocycles. The second-order valence-electron chi connectivity index (χ2n) is 10.9. The number of nitrogens with one attached hydrogen (secondary N) is 2. The molecule has 0 saturated carbocycles. The van der Waals surface area contributed by atoms with Crippen LogP contribution in [0.3, 0.4) is 0 Å². The molecule has 1 aliphatic rings. The van der Waals surface area contributed by atoms with Crippen molar-refractivity contribution in [2.75, 3.05) is 32.6 Å². The standard InChI is InChI=1S/C31H40FN3O7S/c1-4-40-18-14-33-21-22-8-10-25(27(32)19-22)23-9-11-26-24(20-23)12-15-35(29(26)36)16-13-31(2,43(3,38)39)30(37)34-42-28-7-5-6-17-41-28/h8-12,15,19-20,28,33H,4-7,13-14,16-18,21H2,1-3H3,(H,34,37). The lowest BCUT2D eigenvalue weighted by Crippen LogP contribution is -2.51. The van der Waals surface area contributed by atoms with E-state index in [9.17, 15) is 18.0 Å². The van der Waals surface area contributed by atoms with Crippen LogP contribution in [0.1, 0.15) is 45.1 Å². The highest BCUT2D eigenvalue weighted by Crippen LogP contribution is 2.27. The number of rotatable bonds is 14. The number of carbonyl (C=O) groups excluding carboxylic acids is 1. The number of hydroxylamine groups is 1. The van der Waals surface area contributed by atoms with Crippen LogP contribution in [0.5, 0.6) is 0 Å². The monoisotopic (exact) mass is 617 g/mol. The van der Waals surface area contributed by atoms with Gasteiger partial charge in [0.1, 0.15) is 5.82 Å². The Morgan fingerprint density at radius 3 is 2.70 bits per heavy atom. The van der Waals surface area contributed by atoms with Crippen LogP contribution in [0.25, 0.3) is 21.9 Å². The lowest BCUT2D eigenvalue weighted by atomic mass is 10.00. The molecule has 1 saturated heterocycles. The second-order valence-corrected chi connectivity index (χ2v) is 13.3. The van der Waals surface area contributed by atoms with Crippen LogP contribution in [-0.4, -0.2) is 62.6 Å². The molecule has 3 aromatic rings. The average molecular weight is 618 g/mol. The minimum absolute atomic E-state index is 0.0257. The number of pyridine rings is 1. The first-order valence-electron chi connectivity index (χ1n) is 14.5. The van der Waals surface area contributed by atoms with Crippen molar-refractivity contribution in [2.45, 2.75) is 63.7 Å². The molecular weight excluding hydrogens is 577 g/mol. The Balaban J connectivity index is 1.46. The van der Waals surface area contributed by atoms with Crippen LogP contribution in [0.2, 0.25) is 0 Å². The fraction of sp³-hybridized carbons (Fsp3) is 0.484. The van der Waals surface area contributed by atoms with E-state index in [2.05, 4.69) is 10.8 Å². The quantitative estimate of drug-likeness (QED) is 0.207. The molecule has 1 aromatic heterocycles. The van der Waals surface area contributed by atoms with Crippen molar-refractivity contribution in [3.8, 4) is 11.1 Å². The summed E-state index contributed by atoms with van der Waals surface area (Å²) in [6.07, 6.45) is 4.12. The SMILES string of the molecule is CCOCCNCc1ccc(-c2ccc3c(=O)n(CCC(C)(C(=O)NOC4CCCCO4)S(C)(=O)=O)ccc3c2)c(F)c1. The van der Waals surface area contributed by atoms with E-state index in [1.54, 1.807) is 36.5 Å². The van der Waals surface area contributed by atoms with E-state index in [0.29, 0.717) is 61.2 Å². The Bertz CT molecular complexity index is 1590. The summed E-state index contributed by atoms with van der Waals surface area (Å²) in [6.45, 7) is 6.16. The highest BCUT2D eigenvalue weighted by molar-refractivity contribution is 7.92. The summed E-state index contributed by atoms with van der Waals surface area (Å²) < 4.78 is 50.7. The van der Waals surface area contributed by atoms with E-state index in [1.807, 2.05) is 13.0 Å². The van der Waals surface area contributed by atoms with Crippen molar-refractivity contribution in [1.29, 1.82) is 0 Å². The van der Waals surface area contributed by atoms with E-state index in [1.165, 1.54) is 17.6 Å². The van der Waals surface area contributed by atoms with Crippen LogP contribution >= 0.6 is 0 Å². The van der Waals surface area contributed by atoms with Crippen molar-refractivity contribution in [3.63, 3.8) is 0 Å². The third-order valence-corrected chi connectivity index (χ3v) is 9.85. The van der Waals surface area contributed by atoms with Gasteiger partial charge in [-0.1, -0.05) is 18.2 Å². The molecule has 4 rings (SSSR count). The first-order valence-corrected chi connectivity index (χ1v) is 16.4. The highest BCUT2D eigenvalue weighted by Gasteiger charge is 2.44. The molecule has 1 fully saturated rings.